The molecule has 0 radical (unpaired) electrons. The maximum Gasteiger partial charge on any atom is 0.0468 e. The van der Waals surface area contributed by atoms with Crippen molar-refractivity contribution in [1.82, 2.24) is 5.32 Å². The molecule has 2 rings (SSSR count). The summed E-state index contributed by atoms with van der Waals surface area (Å²) in [5, 5.41) is 4.94. The zero-order chi connectivity index (χ0) is 14.7. The highest BCUT2D eigenvalue weighted by Gasteiger charge is 2.14. The molecule has 0 amide bonds. The predicted molar refractivity (Wildman–Crippen MR) is 87.6 cm³/mol. The van der Waals surface area contributed by atoms with Gasteiger partial charge < -0.3 is 5.32 Å². The van der Waals surface area contributed by atoms with Gasteiger partial charge in [0.15, 0.2) is 0 Å². The molecule has 106 valence electrons. The quantitative estimate of drug-likeness (QED) is 0.762. The van der Waals surface area contributed by atoms with Gasteiger partial charge in [0.1, 0.15) is 0 Å². The summed E-state index contributed by atoms with van der Waals surface area (Å²) in [5.41, 5.74) is 3.62. The van der Waals surface area contributed by atoms with E-state index in [1.807, 2.05) is 12.1 Å². The summed E-state index contributed by atoms with van der Waals surface area (Å²) in [4.78, 5) is 0. The van der Waals surface area contributed by atoms with E-state index in [9.17, 15) is 0 Å². The van der Waals surface area contributed by atoms with Crippen molar-refractivity contribution in [2.75, 3.05) is 0 Å². The molecule has 0 fully saturated rings. The SMILES string of the molecule is Cc1cccc([C@H](C)NC(C)c2ccc(Cl)cc2Cl)c1. The van der Waals surface area contributed by atoms with Crippen LogP contribution in [0.25, 0.3) is 0 Å². The van der Waals surface area contributed by atoms with Gasteiger partial charge in [-0.1, -0.05) is 59.1 Å². The van der Waals surface area contributed by atoms with Gasteiger partial charge in [0, 0.05) is 22.1 Å². The van der Waals surface area contributed by atoms with Gasteiger partial charge in [0.25, 0.3) is 0 Å². The molecule has 0 aromatic heterocycles. The molecule has 0 bridgehead atoms. The molecule has 0 aliphatic carbocycles. The van der Waals surface area contributed by atoms with Gasteiger partial charge in [-0.05, 0) is 44.0 Å². The standard InChI is InChI=1S/C17H19Cl2N/c1-11-5-4-6-14(9-11)12(2)20-13(3)16-8-7-15(18)10-17(16)19/h4-10,12-13,20H,1-3H3/t12-,13?/m0/s1. The van der Waals surface area contributed by atoms with Crippen LogP contribution in [0.15, 0.2) is 42.5 Å². The van der Waals surface area contributed by atoms with Crippen LogP contribution in [0.2, 0.25) is 10.0 Å². The Labute approximate surface area is 130 Å². The molecule has 2 aromatic rings. The van der Waals surface area contributed by atoms with Crippen molar-refractivity contribution >= 4 is 23.2 Å². The molecule has 0 saturated heterocycles. The summed E-state index contributed by atoms with van der Waals surface area (Å²) in [6.45, 7) is 6.38. The number of aryl methyl sites for hydroxylation is 1. The van der Waals surface area contributed by atoms with Gasteiger partial charge in [-0.3, -0.25) is 0 Å². The topological polar surface area (TPSA) is 12.0 Å². The zero-order valence-electron chi connectivity index (χ0n) is 12.0. The molecule has 1 nitrogen and oxygen atoms in total. The number of hydrogen-bond acceptors (Lipinski definition) is 1. The predicted octanol–water partition coefficient (Wildman–Crippen LogP) is 5.71. The largest absolute Gasteiger partial charge is 0.304 e. The number of hydrogen-bond donors (Lipinski definition) is 1. The highest BCUT2D eigenvalue weighted by Crippen LogP contribution is 2.28. The van der Waals surface area contributed by atoms with Crippen molar-refractivity contribution < 1.29 is 0 Å². The Morgan fingerprint density at radius 3 is 2.35 bits per heavy atom. The summed E-state index contributed by atoms with van der Waals surface area (Å²) < 4.78 is 0. The molecule has 0 aliphatic rings. The van der Waals surface area contributed by atoms with Gasteiger partial charge in [-0.15, -0.1) is 0 Å². The third-order valence-electron chi connectivity index (χ3n) is 3.47. The monoisotopic (exact) mass is 307 g/mol. The lowest BCUT2D eigenvalue weighted by Crippen LogP contribution is -2.22. The summed E-state index contributed by atoms with van der Waals surface area (Å²) in [6, 6.07) is 14.6. The van der Waals surface area contributed by atoms with Crippen molar-refractivity contribution in [2.24, 2.45) is 0 Å². The van der Waals surface area contributed by atoms with E-state index in [0.29, 0.717) is 10.0 Å². The van der Waals surface area contributed by atoms with E-state index in [0.717, 1.165) is 5.56 Å². The third kappa shape index (κ3) is 3.76. The minimum absolute atomic E-state index is 0.162. The second kappa shape index (κ2) is 6.62. The lowest BCUT2D eigenvalue weighted by Gasteiger charge is -2.22. The summed E-state index contributed by atoms with van der Waals surface area (Å²) in [7, 11) is 0. The van der Waals surface area contributed by atoms with E-state index in [1.54, 1.807) is 6.07 Å². The average Bonchev–Trinajstić information content (AvgIpc) is 2.38. The molecule has 1 unspecified atom stereocenters. The smallest absolute Gasteiger partial charge is 0.0468 e. The van der Waals surface area contributed by atoms with Crippen molar-refractivity contribution in [1.29, 1.82) is 0 Å². The number of nitrogens with one attached hydrogen (secondary N) is 1. The van der Waals surface area contributed by atoms with Crippen LogP contribution < -0.4 is 5.32 Å². The summed E-state index contributed by atoms with van der Waals surface area (Å²) in [5.74, 6) is 0. The van der Waals surface area contributed by atoms with Crippen LogP contribution in [0, 0.1) is 6.92 Å². The van der Waals surface area contributed by atoms with Crippen LogP contribution in [-0.2, 0) is 0 Å². The molecule has 2 aromatic carbocycles. The Bertz CT molecular complexity index is 595. The molecule has 0 heterocycles. The van der Waals surface area contributed by atoms with E-state index in [1.165, 1.54) is 11.1 Å². The van der Waals surface area contributed by atoms with E-state index in [2.05, 4.69) is 50.4 Å². The Balaban J connectivity index is 2.12. The van der Waals surface area contributed by atoms with E-state index < -0.39 is 0 Å². The van der Waals surface area contributed by atoms with Crippen LogP contribution in [0.1, 0.15) is 42.6 Å². The maximum atomic E-state index is 6.25. The van der Waals surface area contributed by atoms with E-state index >= 15 is 0 Å². The first-order valence-corrected chi connectivity index (χ1v) is 7.50. The molecule has 1 N–H and O–H groups in total. The average molecular weight is 308 g/mol. The Kier molecular flexibility index (Phi) is 5.09. The van der Waals surface area contributed by atoms with Crippen LogP contribution in [-0.4, -0.2) is 0 Å². The van der Waals surface area contributed by atoms with Crippen molar-refractivity contribution in [3.63, 3.8) is 0 Å². The molecule has 0 aliphatic heterocycles. The fourth-order valence-electron chi connectivity index (χ4n) is 2.35. The van der Waals surface area contributed by atoms with E-state index in [-0.39, 0.29) is 12.1 Å². The molecular formula is C17H19Cl2N. The molecular weight excluding hydrogens is 289 g/mol. The molecule has 2 atom stereocenters. The molecule has 0 spiro atoms. The number of rotatable bonds is 4. The number of benzene rings is 2. The highest BCUT2D eigenvalue weighted by molar-refractivity contribution is 6.35. The fraction of sp³-hybridized carbons (Fsp3) is 0.294. The van der Waals surface area contributed by atoms with E-state index in [4.69, 9.17) is 23.2 Å². The second-order valence-corrected chi connectivity index (χ2v) is 6.03. The Morgan fingerprint density at radius 1 is 0.950 bits per heavy atom. The first-order chi connectivity index (χ1) is 9.47. The van der Waals surface area contributed by atoms with Gasteiger partial charge >= 0.3 is 0 Å². The van der Waals surface area contributed by atoms with Gasteiger partial charge in [-0.25, -0.2) is 0 Å². The lowest BCUT2D eigenvalue weighted by molar-refractivity contribution is 0.494. The first-order valence-electron chi connectivity index (χ1n) is 6.75. The summed E-state index contributed by atoms with van der Waals surface area (Å²) in [6.07, 6.45) is 0. The first kappa shape index (κ1) is 15.4. The molecule has 20 heavy (non-hydrogen) atoms. The highest BCUT2D eigenvalue weighted by atomic mass is 35.5. The second-order valence-electron chi connectivity index (χ2n) is 5.19. The van der Waals surface area contributed by atoms with Gasteiger partial charge in [0.05, 0.1) is 0 Å². The van der Waals surface area contributed by atoms with Gasteiger partial charge in [-0.2, -0.15) is 0 Å². The van der Waals surface area contributed by atoms with Crippen molar-refractivity contribution in [2.45, 2.75) is 32.9 Å². The molecule has 0 saturated carbocycles. The molecule has 3 heteroatoms. The van der Waals surface area contributed by atoms with Crippen LogP contribution >= 0.6 is 23.2 Å². The third-order valence-corrected chi connectivity index (χ3v) is 4.03. The fourth-order valence-corrected chi connectivity index (χ4v) is 2.93. The Morgan fingerprint density at radius 2 is 1.70 bits per heavy atom. The lowest BCUT2D eigenvalue weighted by atomic mass is 10.0. The van der Waals surface area contributed by atoms with Gasteiger partial charge in [0.2, 0.25) is 0 Å². The minimum atomic E-state index is 0.162. The van der Waals surface area contributed by atoms with Crippen molar-refractivity contribution in [3.8, 4) is 0 Å². The van der Waals surface area contributed by atoms with Crippen LogP contribution in [0.3, 0.4) is 0 Å². The van der Waals surface area contributed by atoms with Crippen molar-refractivity contribution in [3.05, 3.63) is 69.2 Å². The minimum Gasteiger partial charge on any atom is -0.304 e. The number of halogens is 2. The zero-order valence-corrected chi connectivity index (χ0v) is 13.5. The van der Waals surface area contributed by atoms with Crippen LogP contribution in [0.5, 0.6) is 0 Å². The Hall–Kier alpha value is -1.02. The normalized spacial score (nSPS) is 14.1. The van der Waals surface area contributed by atoms with Crippen LogP contribution in [0.4, 0.5) is 0 Å². The maximum absolute atomic E-state index is 6.25. The summed E-state index contributed by atoms with van der Waals surface area (Å²) >= 11 is 12.2.